The van der Waals surface area contributed by atoms with Gasteiger partial charge in [0.15, 0.2) is 11.3 Å². The van der Waals surface area contributed by atoms with Gasteiger partial charge in [0.2, 0.25) is 5.89 Å². The maximum Gasteiger partial charge on any atom is 0.291 e. The smallest absolute Gasteiger partial charge is 0.291 e. The van der Waals surface area contributed by atoms with Crippen LogP contribution in [0.1, 0.15) is 10.6 Å². The summed E-state index contributed by atoms with van der Waals surface area (Å²) < 4.78 is 11.5. The second-order valence-electron chi connectivity index (χ2n) is 7.07. The molecule has 5 nitrogen and oxygen atoms in total. The Bertz CT molecular complexity index is 1520. The molecule has 0 bridgehead atoms. The van der Waals surface area contributed by atoms with Gasteiger partial charge >= 0.3 is 0 Å². The third kappa shape index (κ3) is 4.45. The number of rotatable bonds is 4. The largest absolute Gasteiger partial charge is 0.451 e. The number of nitrogens with zero attached hydrogens (tertiary/aromatic N) is 1. The second-order valence-corrected chi connectivity index (χ2v) is 8.76. The lowest BCUT2D eigenvalue weighted by molar-refractivity contribution is 0.0997. The zero-order valence-electron chi connectivity index (χ0n) is 16.5. The molecule has 5 rings (SSSR count). The molecule has 33 heavy (non-hydrogen) atoms. The molecule has 2 heterocycles. The van der Waals surface area contributed by atoms with Crippen LogP contribution in [0.5, 0.6) is 0 Å². The van der Waals surface area contributed by atoms with E-state index in [0.717, 1.165) is 0 Å². The molecule has 0 aliphatic carbocycles. The van der Waals surface area contributed by atoms with E-state index in [1.165, 1.54) is 0 Å². The maximum absolute atomic E-state index is 12.8. The highest BCUT2D eigenvalue weighted by Gasteiger charge is 2.17. The number of aromatic nitrogens is 1. The lowest BCUT2D eigenvalue weighted by Gasteiger charge is -2.07. The summed E-state index contributed by atoms with van der Waals surface area (Å²) in [6.07, 6.45) is 0. The minimum absolute atomic E-state index is 0.0824. The Balaban J connectivity index is 1.42. The Morgan fingerprint density at radius 1 is 0.788 bits per heavy atom. The van der Waals surface area contributed by atoms with E-state index in [2.05, 4.69) is 10.3 Å². The Hall–Kier alpha value is -2.96. The van der Waals surface area contributed by atoms with Crippen LogP contribution in [0.25, 0.3) is 33.9 Å². The monoisotopic (exact) mass is 516 g/mol. The van der Waals surface area contributed by atoms with E-state index in [1.807, 2.05) is 0 Å². The number of benzene rings is 3. The number of carbonyl (C=O) groups is 1. The number of hydrogen-bond donors (Lipinski definition) is 1. The van der Waals surface area contributed by atoms with Crippen LogP contribution in [0.15, 0.2) is 75.6 Å². The molecule has 0 atom stereocenters. The molecule has 0 radical (unpaired) electrons. The van der Waals surface area contributed by atoms with Gasteiger partial charge in [0.1, 0.15) is 11.3 Å². The summed E-state index contributed by atoms with van der Waals surface area (Å²) in [6, 6.07) is 18.4. The minimum atomic E-state index is -0.484. The molecule has 0 saturated carbocycles. The highest BCUT2D eigenvalue weighted by atomic mass is 35.5. The number of furan rings is 1. The summed E-state index contributed by atoms with van der Waals surface area (Å²) in [5.74, 6) is 0.384. The van der Waals surface area contributed by atoms with Gasteiger partial charge in [-0.1, -0.05) is 46.4 Å². The number of oxazole rings is 1. The first-order valence-corrected chi connectivity index (χ1v) is 11.1. The lowest BCUT2D eigenvalue weighted by atomic mass is 10.2. The van der Waals surface area contributed by atoms with Crippen molar-refractivity contribution in [2.75, 3.05) is 5.32 Å². The van der Waals surface area contributed by atoms with Crippen molar-refractivity contribution in [3.63, 3.8) is 0 Å². The summed E-state index contributed by atoms with van der Waals surface area (Å²) in [5, 5.41) is 4.61. The molecule has 0 saturated heterocycles. The Labute approximate surface area is 207 Å². The van der Waals surface area contributed by atoms with Gasteiger partial charge in [0, 0.05) is 21.2 Å². The first-order valence-electron chi connectivity index (χ1n) is 9.60. The number of carbonyl (C=O) groups excluding carboxylic acids is 1. The predicted octanol–water partition coefficient (Wildman–Crippen LogP) is 8.62. The van der Waals surface area contributed by atoms with Crippen LogP contribution < -0.4 is 5.32 Å². The van der Waals surface area contributed by atoms with Crippen LogP contribution >= 0.6 is 46.4 Å². The first-order chi connectivity index (χ1) is 15.9. The highest BCUT2D eigenvalue weighted by molar-refractivity contribution is 6.35. The van der Waals surface area contributed by atoms with E-state index in [-0.39, 0.29) is 5.76 Å². The van der Waals surface area contributed by atoms with Crippen LogP contribution in [0, 0.1) is 0 Å². The van der Waals surface area contributed by atoms with Crippen molar-refractivity contribution in [1.29, 1.82) is 0 Å². The van der Waals surface area contributed by atoms with E-state index < -0.39 is 5.91 Å². The molecule has 2 aromatic heterocycles. The van der Waals surface area contributed by atoms with Crippen LogP contribution in [0.3, 0.4) is 0 Å². The number of fused-ring (bicyclic) bond motifs is 1. The van der Waals surface area contributed by atoms with E-state index in [0.29, 0.717) is 59.7 Å². The molecule has 0 aliphatic heterocycles. The zero-order chi connectivity index (χ0) is 23.1. The van der Waals surface area contributed by atoms with Gasteiger partial charge in [-0.15, -0.1) is 0 Å². The summed E-state index contributed by atoms with van der Waals surface area (Å²) >= 11 is 24.6. The normalized spacial score (nSPS) is 11.2. The van der Waals surface area contributed by atoms with E-state index in [1.54, 1.807) is 66.7 Å². The number of nitrogens with one attached hydrogen (secondary N) is 1. The van der Waals surface area contributed by atoms with E-state index >= 15 is 0 Å². The molecular formula is C24H12Cl4N2O3. The van der Waals surface area contributed by atoms with Crippen LogP contribution in [0.2, 0.25) is 20.1 Å². The fourth-order valence-electron chi connectivity index (χ4n) is 3.25. The number of hydrogen-bond acceptors (Lipinski definition) is 4. The first kappa shape index (κ1) is 21.9. The molecule has 1 amide bonds. The van der Waals surface area contributed by atoms with Crippen molar-refractivity contribution in [1.82, 2.24) is 4.98 Å². The molecule has 3 aromatic carbocycles. The predicted molar refractivity (Wildman–Crippen MR) is 132 cm³/mol. The molecule has 0 fully saturated rings. The zero-order valence-corrected chi connectivity index (χ0v) is 19.6. The number of amides is 1. The Kier molecular flexibility index (Phi) is 5.81. The van der Waals surface area contributed by atoms with Gasteiger partial charge in [-0.25, -0.2) is 4.98 Å². The lowest BCUT2D eigenvalue weighted by Crippen LogP contribution is -2.11. The van der Waals surface area contributed by atoms with Gasteiger partial charge in [-0.3, -0.25) is 4.79 Å². The summed E-state index contributed by atoms with van der Waals surface area (Å²) in [7, 11) is 0. The summed E-state index contributed by atoms with van der Waals surface area (Å²) in [6.45, 7) is 0. The third-order valence-electron chi connectivity index (χ3n) is 4.83. The second kappa shape index (κ2) is 8.76. The molecule has 0 spiro atoms. The van der Waals surface area contributed by atoms with E-state index in [4.69, 9.17) is 55.2 Å². The standard InChI is InChI=1S/C24H12Cl4N2O3/c25-13-2-5-16(27)15(10-13)20-7-8-22(32-20)23(31)29-18-9-12(1-4-17(18)28)24-30-19-11-14(26)3-6-21(19)33-24/h1-11H,(H,29,31). The van der Waals surface area contributed by atoms with Gasteiger partial charge in [0.25, 0.3) is 5.91 Å². The molecule has 9 heteroatoms. The maximum atomic E-state index is 12.8. The molecule has 1 N–H and O–H groups in total. The summed E-state index contributed by atoms with van der Waals surface area (Å²) in [4.78, 5) is 17.3. The SMILES string of the molecule is O=C(Nc1cc(-c2nc3cc(Cl)ccc3o2)ccc1Cl)c1ccc(-c2cc(Cl)ccc2Cl)o1. The van der Waals surface area contributed by atoms with Gasteiger partial charge in [0.05, 0.1) is 15.7 Å². The van der Waals surface area contributed by atoms with Crippen molar-refractivity contribution in [2.45, 2.75) is 0 Å². The van der Waals surface area contributed by atoms with E-state index in [9.17, 15) is 4.79 Å². The average Bonchev–Trinajstić information content (AvgIpc) is 3.44. The molecule has 0 unspecified atom stereocenters. The quantitative estimate of drug-likeness (QED) is 0.259. The Morgan fingerprint density at radius 2 is 1.55 bits per heavy atom. The summed E-state index contributed by atoms with van der Waals surface area (Å²) in [5.41, 5.74) is 2.81. The fourth-order valence-corrected chi connectivity index (χ4v) is 3.97. The number of halogens is 4. The van der Waals surface area contributed by atoms with Crippen molar-refractivity contribution in [3.05, 3.63) is 92.6 Å². The van der Waals surface area contributed by atoms with Gasteiger partial charge in [-0.2, -0.15) is 0 Å². The van der Waals surface area contributed by atoms with Crippen LogP contribution in [-0.2, 0) is 0 Å². The van der Waals surface area contributed by atoms with Crippen LogP contribution in [0.4, 0.5) is 5.69 Å². The third-order valence-corrected chi connectivity index (χ3v) is 5.96. The molecule has 0 aliphatic rings. The van der Waals surface area contributed by atoms with Gasteiger partial charge in [-0.05, 0) is 66.7 Å². The highest BCUT2D eigenvalue weighted by Crippen LogP contribution is 2.34. The molecule has 5 aromatic rings. The topological polar surface area (TPSA) is 68.3 Å². The van der Waals surface area contributed by atoms with Gasteiger partial charge < -0.3 is 14.2 Å². The van der Waals surface area contributed by atoms with Crippen molar-refractivity contribution in [2.24, 2.45) is 0 Å². The van der Waals surface area contributed by atoms with Crippen molar-refractivity contribution < 1.29 is 13.6 Å². The fraction of sp³-hybridized carbons (Fsp3) is 0. The number of anilines is 1. The Morgan fingerprint density at radius 3 is 2.39 bits per heavy atom. The average molecular weight is 518 g/mol. The molecule has 164 valence electrons. The minimum Gasteiger partial charge on any atom is -0.451 e. The van der Waals surface area contributed by atoms with Crippen molar-refractivity contribution >= 4 is 69.1 Å². The molecular weight excluding hydrogens is 506 g/mol. The van der Waals surface area contributed by atoms with Crippen LogP contribution in [-0.4, -0.2) is 10.9 Å². The van der Waals surface area contributed by atoms with Crippen molar-refractivity contribution in [3.8, 4) is 22.8 Å².